The van der Waals surface area contributed by atoms with Gasteiger partial charge in [0.05, 0.1) is 17.3 Å². The van der Waals surface area contributed by atoms with Crippen LogP contribution >= 0.6 is 0 Å². The fourth-order valence-corrected chi connectivity index (χ4v) is 4.49. The van der Waals surface area contributed by atoms with Crippen LogP contribution in [-0.2, 0) is 12.0 Å². The highest BCUT2D eigenvalue weighted by molar-refractivity contribution is 6.04. The van der Waals surface area contributed by atoms with E-state index in [0.29, 0.717) is 46.1 Å². The van der Waals surface area contributed by atoms with Gasteiger partial charge in [-0.05, 0) is 38.5 Å². The first-order chi connectivity index (χ1) is 17.8. The molecule has 0 atom stereocenters. The number of hydrogen-bond donors (Lipinski definition) is 2. The molecule has 0 aliphatic carbocycles. The van der Waals surface area contributed by atoms with Gasteiger partial charge < -0.3 is 11.1 Å². The van der Waals surface area contributed by atoms with Gasteiger partial charge in [0.25, 0.3) is 5.91 Å². The van der Waals surface area contributed by atoms with Gasteiger partial charge >= 0.3 is 0 Å². The summed E-state index contributed by atoms with van der Waals surface area (Å²) in [6.45, 7) is 6.63. The lowest BCUT2D eigenvalue weighted by Crippen LogP contribution is -2.36. The number of unbranched alkanes of at least 4 members (excludes halogenated alkanes) is 2. The van der Waals surface area contributed by atoms with Gasteiger partial charge in [-0.15, -0.1) is 0 Å². The van der Waals surface area contributed by atoms with Gasteiger partial charge in [0.15, 0.2) is 17.3 Å². The Hall–Kier alpha value is -4.21. The number of carbonyl (C=O) groups excluding carboxylic acids is 1. The van der Waals surface area contributed by atoms with E-state index >= 15 is 0 Å². The summed E-state index contributed by atoms with van der Waals surface area (Å²) in [5.74, 6) is 0.322. The molecule has 0 fully saturated rings. The molecule has 37 heavy (non-hydrogen) atoms. The summed E-state index contributed by atoms with van der Waals surface area (Å²) in [4.78, 5) is 31.6. The molecule has 3 aromatic heterocycles. The first-order valence-corrected chi connectivity index (χ1v) is 12.4. The number of aliphatic imine (C=N–C) groups is 1. The van der Waals surface area contributed by atoms with Gasteiger partial charge in [0.2, 0.25) is 0 Å². The number of nitrogens with zero attached hydrogens (tertiary/aromatic N) is 6. The molecule has 0 saturated carbocycles. The first kappa shape index (κ1) is 24.5. The Kier molecular flexibility index (Phi) is 6.41. The van der Waals surface area contributed by atoms with Crippen molar-refractivity contribution in [2.24, 2.45) is 10.7 Å². The molecule has 4 heterocycles. The molecule has 0 saturated heterocycles. The topological polar surface area (TPSA) is 124 Å². The molecule has 1 aromatic carbocycles. The number of fused-ring (bicyclic) bond motifs is 2. The lowest BCUT2D eigenvalue weighted by atomic mass is 9.84. The van der Waals surface area contributed by atoms with E-state index in [1.54, 1.807) is 35.1 Å². The van der Waals surface area contributed by atoms with E-state index in [0.717, 1.165) is 19.3 Å². The van der Waals surface area contributed by atoms with Crippen molar-refractivity contribution in [2.75, 3.05) is 6.54 Å². The second-order valence-electron chi connectivity index (χ2n) is 9.65. The third-order valence-corrected chi connectivity index (χ3v) is 6.66. The Morgan fingerprint density at radius 1 is 1.14 bits per heavy atom. The summed E-state index contributed by atoms with van der Waals surface area (Å²) >= 11 is 0. The molecule has 190 valence electrons. The highest BCUT2D eigenvalue weighted by Gasteiger charge is 2.40. The SMILES string of the molecule is CCCCCNC(=O)c1nc(-c2nn(Cc3ccccc3F)c3ncccc23)nc2c1C(C)(C)C(N)=N2. The van der Waals surface area contributed by atoms with Crippen LogP contribution in [0.4, 0.5) is 10.2 Å². The highest BCUT2D eigenvalue weighted by Crippen LogP contribution is 2.40. The summed E-state index contributed by atoms with van der Waals surface area (Å²) in [6.07, 6.45) is 4.60. The first-order valence-electron chi connectivity index (χ1n) is 12.4. The lowest BCUT2D eigenvalue weighted by molar-refractivity contribution is 0.0946. The summed E-state index contributed by atoms with van der Waals surface area (Å²) in [6, 6.07) is 10.2. The van der Waals surface area contributed by atoms with Crippen LogP contribution in [0.1, 0.15) is 61.6 Å². The fraction of sp³-hybridized carbons (Fsp3) is 0.333. The fourth-order valence-electron chi connectivity index (χ4n) is 4.49. The standard InChI is InChI=1S/C27H29FN8O/c1-4-5-8-13-31-25(37)21-19-22(34-26(29)27(19,2)3)33-23(32-21)20-17-11-9-14-30-24(17)36(35-20)15-16-10-6-7-12-18(16)28/h6-7,9-12,14H,4-5,8,13,15H2,1-3H3,(H,31,37)(H2,29,32,33,34). The molecule has 1 aliphatic heterocycles. The van der Waals surface area contributed by atoms with E-state index in [9.17, 15) is 9.18 Å². The van der Waals surface area contributed by atoms with Crippen molar-refractivity contribution in [3.63, 3.8) is 0 Å². The van der Waals surface area contributed by atoms with Gasteiger partial charge in [-0.2, -0.15) is 5.10 Å². The normalized spacial score (nSPS) is 14.0. The molecule has 1 aliphatic rings. The molecule has 0 radical (unpaired) electrons. The minimum absolute atomic E-state index is 0.175. The Morgan fingerprint density at radius 3 is 2.73 bits per heavy atom. The maximum atomic E-state index is 14.4. The number of rotatable bonds is 8. The van der Waals surface area contributed by atoms with Crippen molar-refractivity contribution < 1.29 is 9.18 Å². The number of halogens is 1. The van der Waals surface area contributed by atoms with Crippen molar-refractivity contribution in [2.45, 2.75) is 52.0 Å². The molecule has 5 rings (SSSR count). The molecule has 3 N–H and O–H groups in total. The summed E-state index contributed by atoms with van der Waals surface area (Å²) in [7, 11) is 0. The van der Waals surface area contributed by atoms with Gasteiger partial charge in [-0.1, -0.05) is 38.0 Å². The van der Waals surface area contributed by atoms with Crippen LogP contribution in [0.3, 0.4) is 0 Å². The number of nitrogens with one attached hydrogen (secondary N) is 1. The molecule has 0 bridgehead atoms. The van der Waals surface area contributed by atoms with E-state index < -0.39 is 5.41 Å². The van der Waals surface area contributed by atoms with E-state index in [2.05, 4.69) is 27.2 Å². The predicted molar refractivity (Wildman–Crippen MR) is 140 cm³/mol. The van der Waals surface area contributed by atoms with Crippen LogP contribution < -0.4 is 11.1 Å². The van der Waals surface area contributed by atoms with E-state index in [1.807, 2.05) is 19.9 Å². The average Bonchev–Trinajstić information content (AvgIpc) is 3.36. The van der Waals surface area contributed by atoms with E-state index in [1.165, 1.54) is 6.07 Å². The molecule has 0 unspecified atom stereocenters. The number of hydrogen-bond acceptors (Lipinski definition) is 7. The van der Waals surface area contributed by atoms with Gasteiger partial charge in [0, 0.05) is 23.9 Å². The average molecular weight is 501 g/mol. The number of amides is 1. The van der Waals surface area contributed by atoms with Crippen LogP contribution in [0.15, 0.2) is 47.6 Å². The smallest absolute Gasteiger partial charge is 0.270 e. The number of aromatic nitrogens is 5. The number of benzene rings is 1. The molecule has 10 heteroatoms. The lowest BCUT2D eigenvalue weighted by Gasteiger charge is -2.21. The zero-order valence-electron chi connectivity index (χ0n) is 21.1. The van der Waals surface area contributed by atoms with E-state index in [-0.39, 0.29) is 29.8 Å². The monoisotopic (exact) mass is 500 g/mol. The van der Waals surface area contributed by atoms with Crippen LogP contribution in [0.2, 0.25) is 0 Å². The van der Waals surface area contributed by atoms with Gasteiger partial charge in [0.1, 0.15) is 23.0 Å². The Balaban J connectivity index is 1.62. The third kappa shape index (κ3) is 4.43. The Bertz CT molecular complexity index is 1520. The van der Waals surface area contributed by atoms with Crippen LogP contribution in [0.25, 0.3) is 22.6 Å². The zero-order chi connectivity index (χ0) is 26.2. The molecular formula is C27H29FN8O. The van der Waals surface area contributed by atoms with Crippen LogP contribution in [0, 0.1) is 5.82 Å². The molecule has 9 nitrogen and oxygen atoms in total. The number of pyridine rings is 1. The zero-order valence-corrected chi connectivity index (χ0v) is 21.1. The predicted octanol–water partition coefficient (Wildman–Crippen LogP) is 4.28. The van der Waals surface area contributed by atoms with Gasteiger partial charge in [-0.3, -0.25) is 4.79 Å². The number of carbonyl (C=O) groups is 1. The van der Waals surface area contributed by atoms with Crippen molar-refractivity contribution in [3.8, 4) is 11.5 Å². The second-order valence-corrected chi connectivity index (χ2v) is 9.65. The highest BCUT2D eigenvalue weighted by atomic mass is 19.1. The summed E-state index contributed by atoms with van der Waals surface area (Å²) < 4.78 is 16.0. The van der Waals surface area contributed by atoms with Gasteiger partial charge in [-0.25, -0.2) is 29.0 Å². The largest absolute Gasteiger partial charge is 0.386 e. The van der Waals surface area contributed by atoms with Crippen LogP contribution in [-0.4, -0.2) is 43.0 Å². The minimum Gasteiger partial charge on any atom is -0.386 e. The summed E-state index contributed by atoms with van der Waals surface area (Å²) in [5, 5.41) is 8.37. The maximum absolute atomic E-state index is 14.4. The number of nitrogens with two attached hydrogens (primary N) is 1. The maximum Gasteiger partial charge on any atom is 0.270 e. The molecular weight excluding hydrogens is 471 g/mol. The number of amidine groups is 1. The second kappa shape index (κ2) is 9.68. The van der Waals surface area contributed by atoms with Crippen molar-refractivity contribution in [1.29, 1.82) is 0 Å². The molecule has 4 aromatic rings. The summed E-state index contributed by atoms with van der Waals surface area (Å²) in [5.41, 5.74) is 7.83. The van der Waals surface area contributed by atoms with Crippen LogP contribution in [0.5, 0.6) is 0 Å². The van der Waals surface area contributed by atoms with Crippen molar-refractivity contribution in [1.82, 2.24) is 30.0 Å². The molecule has 1 amide bonds. The minimum atomic E-state index is -0.697. The third-order valence-electron chi connectivity index (χ3n) is 6.66. The Labute approximate surface area is 214 Å². The van der Waals surface area contributed by atoms with E-state index in [4.69, 9.17) is 15.8 Å². The quantitative estimate of drug-likeness (QED) is 0.348. The van der Waals surface area contributed by atoms with Crippen molar-refractivity contribution >= 4 is 28.6 Å². The molecule has 0 spiro atoms. The van der Waals surface area contributed by atoms with Crippen molar-refractivity contribution in [3.05, 3.63) is 65.2 Å². The Morgan fingerprint density at radius 2 is 1.95 bits per heavy atom.